The lowest BCUT2D eigenvalue weighted by Crippen LogP contribution is -2.15. The fourth-order valence-electron chi connectivity index (χ4n) is 2.10. The molecule has 0 aliphatic rings. The highest BCUT2D eigenvalue weighted by Crippen LogP contribution is 2.17. The van der Waals surface area contributed by atoms with Crippen molar-refractivity contribution in [3.8, 4) is 0 Å². The topological polar surface area (TPSA) is 45.0 Å². The molecular weight excluding hydrogens is 236 g/mol. The molecule has 3 nitrogen and oxygen atoms in total. The summed E-state index contributed by atoms with van der Waals surface area (Å²) in [7, 11) is 0. The molecule has 0 saturated carbocycles. The van der Waals surface area contributed by atoms with Crippen LogP contribution in [0, 0.1) is 0 Å². The van der Waals surface area contributed by atoms with Crippen molar-refractivity contribution in [2.24, 2.45) is 10.2 Å². The van der Waals surface area contributed by atoms with Gasteiger partial charge in [0.05, 0.1) is 6.04 Å². The minimum atomic E-state index is -1.02. The largest absolute Gasteiger partial charge is 0.368 e. The van der Waals surface area contributed by atoms with E-state index in [1.54, 1.807) is 13.8 Å². The van der Waals surface area contributed by atoms with Crippen molar-refractivity contribution in [3.63, 3.8) is 0 Å². The van der Waals surface area contributed by atoms with Crippen LogP contribution >= 0.6 is 0 Å². The minimum Gasteiger partial charge on any atom is -0.368 e. The summed E-state index contributed by atoms with van der Waals surface area (Å²) in [4.78, 5) is 0. The first-order valence-electron chi connectivity index (χ1n) is 8.14. The first-order valence-corrected chi connectivity index (χ1v) is 8.14. The summed E-state index contributed by atoms with van der Waals surface area (Å²) in [6, 6.07) is 0.306. The molecule has 0 radical (unpaired) electrons. The normalized spacial score (nSPS) is 12.7. The van der Waals surface area contributed by atoms with Crippen LogP contribution < -0.4 is 0 Å². The van der Waals surface area contributed by atoms with Crippen molar-refractivity contribution >= 4 is 0 Å². The predicted octanol–water partition coefficient (Wildman–Crippen LogP) is 5.48. The second-order valence-corrected chi connectivity index (χ2v) is 6.06. The summed E-state index contributed by atoms with van der Waals surface area (Å²) >= 11 is 0. The molecule has 0 rings (SSSR count). The summed E-state index contributed by atoms with van der Waals surface area (Å²) in [6.45, 7) is 7.83. The third-order valence-electron chi connectivity index (χ3n) is 3.25. The Morgan fingerprint density at radius 1 is 0.842 bits per heavy atom. The van der Waals surface area contributed by atoms with Crippen LogP contribution in [0.25, 0.3) is 0 Å². The van der Waals surface area contributed by atoms with E-state index in [1.807, 2.05) is 0 Å². The second kappa shape index (κ2) is 11.4. The highest BCUT2D eigenvalue weighted by molar-refractivity contribution is 4.67. The van der Waals surface area contributed by atoms with E-state index >= 15 is 0 Å². The average Bonchev–Trinajstić information content (AvgIpc) is 2.34. The van der Waals surface area contributed by atoms with E-state index in [0.717, 1.165) is 12.8 Å². The number of aliphatic hydroxyl groups is 1. The van der Waals surface area contributed by atoms with Crippen molar-refractivity contribution < 1.29 is 5.11 Å². The molecule has 0 aliphatic carbocycles. The van der Waals surface area contributed by atoms with Gasteiger partial charge in [0, 0.05) is 0 Å². The van der Waals surface area contributed by atoms with E-state index in [4.69, 9.17) is 0 Å². The molecule has 3 heteroatoms. The average molecular weight is 270 g/mol. The quantitative estimate of drug-likeness (QED) is 0.370. The van der Waals surface area contributed by atoms with Gasteiger partial charge in [0.2, 0.25) is 0 Å². The number of hydrogen-bond donors (Lipinski definition) is 1. The lowest BCUT2D eigenvalue weighted by Gasteiger charge is -2.14. The van der Waals surface area contributed by atoms with Crippen LogP contribution in [0.2, 0.25) is 0 Å². The van der Waals surface area contributed by atoms with Gasteiger partial charge in [-0.3, -0.25) is 0 Å². The van der Waals surface area contributed by atoms with E-state index in [-0.39, 0.29) is 0 Å². The number of azo groups is 1. The van der Waals surface area contributed by atoms with Gasteiger partial charge in [-0.25, -0.2) is 0 Å². The molecule has 0 aliphatic heterocycles. The Bertz CT molecular complexity index is 209. The van der Waals surface area contributed by atoms with Crippen molar-refractivity contribution in [1.82, 2.24) is 0 Å². The fraction of sp³-hybridized carbons (Fsp3) is 1.00. The van der Waals surface area contributed by atoms with Crippen LogP contribution in [0.15, 0.2) is 10.2 Å². The van der Waals surface area contributed by atoms with Gasteiger partial charge in [-0.05, 0) is 26.7 Å². The van der Waals surface area contributed by atoms with Crippen molar-refractivity contribution in [2.75, 3.05) is 0 Å². The van der Waals surface area contributed by atoms with Gasteiger partial charge < -0.3 is 5.11 Å². The van der Waals surface area contributed by atoms with Crippen molar-refractivity contribution in [2.45, 2.75) is 104 Å². The predicted molar refractivity (Wildman–Crippen MR) is 82.5 cm³/mol. The molecule has 19 heavy (non-hydrogen) atoms. The van der Waals surface area contributed by atoms with E-state index in [9.17, 15) is 5.11 Å². The number of nitrogens with zero attached hydrogens (tertiary/aromatic N) is 2. The molecule has 0 aromatic rings. The van der Waals surface area contributed by atoms with Crippen LogP contribution in [-0.4, -0.2) is 16.9 Å². The Morgan fingerprint density at radius 3 is 1.68 bits per heavy atom. The standard InChI is InChI=1S/C16H34N2O/c1-5-7-9-11-13-15(14-12-10-8-6-2)17-18-16(3,4)19/h15,19H,5-14H2,1-4H3. The molecule has 0 unspecified atom stereocenters. The molecule has 0 bridgehead atoms. The molecule has 0 spiro atoms. The molecule has 114 valence electrons. The Labute approximate surface area is 119 Å². The molecule has 0 atom stereocenters. The first-order chi connectivity index (χ1) is 8.99. The van der Waals surface area contributed by atoms with Gasteiger partial charge in [0.25, 0.3) is 0 Å². The third kappa shape index (κ3) is 13.8. The van der Waals surface area contributed by atoms with Crippen LogP contribution in [-0.2, 0) is 0 Å². The smallest absolute Gasteiger partial charge is 0.170 e. The molecule has 1 N–H and O–H groups in total. The summed E-state index contributed by atoms with van der Waals surface area (Å²) < 4.78 is 0. The zero-order valence-electron chi connectivity index (χ0n) is 13.5. The Hall–Kier alpha value is -0.440. The van der Waals surface area contributed by atoms with Crippen LogP contribution in [0.3, 0.4) is 0 Å². The van der Waals surface area contributed by atoms with E-state index in [0.29, 0.717) is 6.04 Å². The minimum absolute atomic E-state index is 0.306. The maximum Gasteiger partial charge on any atom is 0.170 e. The zero-order valence-corrected chi connectivity index (χ0v) is 13.5. The van der Waals surface area contributed by atoms with E-state index in [1.165, 1.54) is 51.4 Å². The van der Waals surface area contributed by atoms with Crippen molar-refractivity contribution in [1.29, 1.82) is 0 Å². The zero-order chi connectivity index (χ0) is 14.6. The van der Waals surface area contributed by atoms with Gasteiger partial charge in [0.1, 0.15) is 0 Å². The van der Waals surface area contributed by atoms with Gasteiger partial charge >= 0.3 is 0 Å². The first kappa shape index (κ1) is 18.6. The Morgan fingerprint density at radius 2 is 1.32 bits per heavy atom. The highest BCUT2D eigenvalue weighted by Gasteiger charge is 2.12. The molecule has 0 amide bonds. The number of hydrogen-bond acceptors (Lipinski definition) is 3. The maximum absolute atomic E-state index is 9.63. The molecule has 0 saturated heterocycles. The number of rotatable bonds is 12. The van der Waals surface area contributed by atoms with E-state index < -0.39 is 5.72 Å². The van der Waals surface area contributed by atoms with Crippen LogP contribution in [0.5, 0.6) is 0 Å². The molecule has 0 aromatic heterocycles. The maximum atomic E-state index is 9.63. The SMILES string of the molecule is CCCCCCC(CCCCCC)N=NC(C)(C)O. The summed E-state index contributed by atoms with van der Waals surface area (Å²) in [6.07, 6.45) is 12.4. The van der Waals surface area contributed by atoms with Crippen molar-refractivity contribution in [3.05, 3.63) is 0 Å². The summed E-state index contributed by atoms with van der Waals surface area (Å²) in [5, 5.41) is 18.0. The molecule has 0 aromatic carbocycles. The van der Waals surface area contributed by atoms with Crippen LogP contribution in [0.4, 0.5) is 0 Å². The number of unbranched alkanes of at least 4 members (excludes halogenated alkanes) is 6. The highest BCUT2D eigenvalue weighted by atomic mass is 16.3. The van der Waals surface area contributed by atoms with Gasteiger partial charge in [-0.2, -0.15) is 10.2 Å². The fourth-order valence-corrected chi connectivity index (χ4v) is 2.10. The third-order valence-corrected chi connectivity index (χ3v) is 3.25. The Balaban J connectivity index is 4.03. The van der Waals surface area contributed by atoms with E-state index in [2.05, 4.69) is 24.1 Å². The van der Waals surface area contributed by atoms with Gasteiger partial charge in [0.15, 0.2) is 5.72 Å². The lowest BCUT2D eigenvalue weighted by molar-refractivity contribution is 0.0799. The lowest BCUT2D eigenvalue weighted by atomic mass is 10.0. The monoisotopic (exact) mass is 270 g/mol. The summed E-state index contributed by atoms with van der Waals surface area (Å²) in [5.74, 6) is 0. The second-order valence-electron chi connectivity index (χ2n) is 6.06. The van der Waals surface area contributed by atoms with Crippen LogP contribution in [0.1, 0.15) is 91.9 Å². The summed E-state index contributed by atoms with van der Waals surface area (Å²) in [5.41, 5.74) is -1.02. The Kier molecular flexibility index (Phi) is 11.1. The van der Waals surface area contributed by atoms with Gasteiger partial charge in [-0.1, -0.05) is 65.2 Å². The molecule has 0 heterocycles. The van der Waals surface area contributed by atoms with Gasteiger partial charge in [-0.15, -0.1) is 0 Å². The molecular formula is C16H34N2O. The molecule has 0 fully saturated rings.